The van der Waals surface area contributed by atoms with E-state index in [0.29, 0.717) is 12.8 Å². The molecule has 0 amide bonds. The van der Waals surface area contributed by atoms with Crippen molar-refractivity contribution in [3.63, 3.8) is 0 Å². The molecule has 0 unspecified atom stereocenters. The van der Waals surface area contributed by atoms with Crippen molar-refractivity contribution in [1.82, 2.24) is 0 Å². The summed E-state index contributed by atoms with van der Waals surface area (Å²) >= 11 is 0. The molecule has 0 aliphatic rings. The van der Waals surface area contributed by atoms with Crippen LogP contribution in [0.15, 0.2) is 5.11 Å². The highest BCUT2D eigenvalue weighted by Gasteiger charge is 2.08. The van der Waals surface area contributed by atoms with Gasteiger partial charge in [-0.25, -0.2) is 0 Å². The van der Waals surface area contributed by atoms with Crippen LogP contribution in [0.3, 0.4) is 0 Å². The first-order valence-corrected chi connectivity index (χ1v) is 5.46. The lowest BCUT2D eigenvalue weighted by Gasteiger charge is -2.04. The summed E-state index contributed by atoms with van der Waals surface area (Å²) in [6.07, 6.45) is 5.74. The maximum absolute atomic E-state index is 11.1. The smallest absolute Gasteiger partial charge is 0.306 e. The monoisotopic (exact) mass is 253 g/mol. The van der Waals surface area contributed by atoms with Gasteiger partial charge < -0.3 is 9.47 Å². The van der Waals surface area contributed by atoms with Gasteiger partial charge in [-0.1, -0.05) is 5.11 Å². The van der Waals surface area contributed by atoms with Crippen molar-refractivity contribution in [3.05, 3.63) is 10.4 Å². The van der Waals surface area contributed by atoms with Crippen molar-refractivity contribution < 1.29 is 19.1 Å². The third kappa shape index (κ3) is 10.3. The van der Waals surface area contributed by atoms with Crippen molar-refractivity contribution in [3.8, 4) is 12.3 Å². The fourth-order valence-electron chi connectivity index (χ4n) is 0.938. The molecule has 98 valence electrons. The van der Waals surface area contributed by atoms with Crippen molar-refractivity contribution in [2.75, 3.05) is 19.8 Å². The second-order valence-corrected chi connectivity index (χ2v) is 3.20. The minimum atomic E-state index is -0.482. The maximum atomic E-state index is 11.1. The topological polar surface area (TPSA) is 101 Å². The molecule has 0 radical (unpaired) electrons. The van der Waals surface area contributed by atoms with Crippen LogP contribution in [-0.4, -0.2) is 31.7 Å². The Morgan fingerprint density at radius 2 is 1.83 bits per heavy atom. The maximum Gasteiger partial charge on any atom is 0.306 e. The van der Waals surface area contributed by atoms with Crippen molar-refractivity contribution in [1.29, 1.82) is 0 Å². The number of rotatable bonds is 9. The number of ether oxygens (including phenoxy) is 2. The molecule has 0 spiro atoms. The van der Waals surface area contributed by atoms with Gasteiger partial charge in [-0.2, -0.15) is 0 Å². The van der Waals surface area contributed by atoms with Crippen molar-refractivity contribution in [2.45, 2.75) is 25.7 Å². The largest absolute Gasteiger partial charge is 0.466 e. The Balaban J connectivity index is 3.49. The lowest BCUT2D eigenvalue weighted by Crippen LogP contribution is -2.11. The Bertz CT molecular complexity index is 356. The fourth-order valence-corrected chi connectivity index (χ4v) is 0.938. The van der Waals surface area contributed by atoms with Crippen LogP contribution >= 0.6 is 0 Å². The van der Waals surface area contributed by atoms with E-state index in [2.05, 4.69) is 15.9 Å². The van der Waals surface area contributed by atoms with Gasteiger partial charge in [0, 0.05) is 17.9 Å². The van der Waals surface area contributed by atoms with Crippen LogP contribution in [0.5, 0.6) is 0 Å². The third-order valence-electron chi connectivity index (χ3n) is 1.77. The van der Waals surface area contributed by atoms with Crippen LogP contribution in [0.4, 0.5) is 0 Å². The number of esters is 2. The lowest BCUT2D eigenvalue weighted by molar-refractivity contribution is -0.150. The molecular formula is C11H15N3O4. The predicted molar refractivity (Wildman–Crippen MR) is 63.2 cm³/mol. The fraction of sp³-hybridized carbons (Fsp3) is 0.636. The minimum absolute atomic E-state index is 0.0280. The second-order valence-electron chi connectivity index (χ2n) is 3.20. The van der Waals surface area contributed by atoms with E-state index in [9.17, 15) is 9.59 Å². The van der Waals surface area contributed by atoms with Gasteiger partial charge in [0.15, 0.2) is 0 Å². The van der Waals surface area contributed by atoms with E-state index in [4.69, 9.17) is 21.4 Å². The first kappa shape index (κ1) is 15.8. The van der Waals surface area contributed by atoms with Crippen molar-refractivity contribution >= 4 is 11.9 Å². The average molecular weight is 253 g/mol. The number of hydrogen-bond acceptors (Lipinski definition) is 5. The molecular weight excluding hydrogens is 238 g/mol. The van der Waals surface area contributed by atoms with Gasteiger partial charge in [0.1, 0.15) is 6.61 Å². The molecule has 0 N–H and O–H groups in total. The van der Waals surface area contributed by atoms with Crippen molar-refractivity contribution in [2.24, 2.45) is 5.11 Å². The first-order chi connectivity index (χ1) is 8.70. The number of azide groups is 1. The van der Waals surface area contributed by atoms with E-state index < -0.39 is 11.9 Å². The van der Waals surface area contributed by atoms with Crippen LogP contribution in [0, 0.1) is 12.3 Å². The van der Waals surface area contributed by atoms with E-state index in [1.807, 2.05) is 0 Å². The van der Waals surface area contributed by atoms with Gasteiger partial charge in [0.05, 0.1) is 19.4 Å². The van der Waals surface area contributed by atoms with E-state index in [-0.39, 0.29) is 32.6 Å². The molecule has 0 aromatic rings. The van der Waals surface area contributed by atoms with Gasteiger partial charge >= 0.3 is 11.9 Å². The van der Waals surface area contributed by atoms with Gasteiger partial charge in [0.2, 0.25) is 0 Å². The number of carbonyl (C=O) groups excluding carboxylic acids is 2. The Morgan fingerprint density at radius 3 is 2.39 bits per heavy atom. The Kier molecular flexibility index (Phi) is 9.93. The summed E-state index contributed by atoms with van der Waals surface area (Å²) in [4.78, 5) is 24.8. The molecule has 0 bridgehead atoms. The highest BCUT2D eigenvalue weighted by molar-refractivity contribution is 5.77. The molecule has 18 heavy (non-hydrogen) atoms. The predicted octanol–water partition coefficient (Wildman–Crippen LogP) is 1.58. The summed E-state index contributed by atoms with van der Waals surface area (Å²) in [7, 11) is 0. The van der Waals surface area contributed by atoms with Gasteiger partial charge in [-0.05, 0) is 12.0 Å². The zero-order valence-electron chi connectivity index (χ0n) is 10.0. The van der Waals surface area contributed by atoms with Crippen LogP contribution < -0.4 is 0 Å². The highest BCUT2D eigenvalue weighted by Crippen LogP contribution is 1.97. The van der Waals surface area contributed by atoms with Gasteiger partial charge in [-0.3, -0.25) is 9.59 Å². The molecule has 7 heteroatoms. The second kappa shape index (κ2) is 11.3. The standard InChI is InChI=1S/C11H15N3O4/c1-2-3-8-17-10(15)5-6-11(16)18-9-4-7-13-14-12/h1H,3-9H2. The molecule has 0 aromatic heterocycles. The Hall–Kier alpha value is -2.19. The first-order valence-electron chi connectivity index (χ1n) is 5.46. The van der Waals surface area contributed by atoms with E-state index in [1.54, 1.807) is 0 Å². The van der Waals surface area contributed by atoms with Crippen LogP contribution in [0.1, 0.15) is 25.7 Å². The van der Waals surface area contributed by atoms with Crippen LogP contribution in [0.25, 0.3) is 10.4 Å². The van der Waals surface area contributed by atoms with Crippen LogP contribution in [0.2, 0.25) is 0 Å². The zero-order chi connectivity index (χ0) is 13.6. The Morgan fingerprint density at radius 1 is 1.22 bits per heavy atom. The summed E-state index contributed by atoms with van der Waals surface area (Å²) in [6, 6.07) is 0. The molecule has 0 fully saturated rings. The molecule has 0 heterocycles. The lowest BCUT2D eigenvalue weighted by atomic mass is 10.3. The summed E-state index contributed by atoms with van der Waals surface area (Å²) < 4.78 is 9.55. The van der Waals surface area contributed by atoms with E-state index >= 15 is 0 Å². The molecule has 0 aliphatic heterocycles. The molecule has 0 atom stereocenters. The normalized spacial score (nSPS) is 8.83. The number of carbonyl (C=O) groups is 2. The van der Waals surface area contributed by atoms with Gasteiger partial charge in [-0.15, -0.1) is 12.3 Å². The number of terminal acetylenes is 1. The summed E-state index contributed by atoms with van der Waals surface area (Å²) in [6.45, 7) is 0.610. The molecule has 0 rings (SSSR count). The zero-order valence-corrected chi connectivity index (χ0v) is 10.0. The van der Waals surface area contributed by atoms with Gasteiger partial charge in [0.25, 0.3) is 0 Å². The number of hydrogen-bond donors (Lipinski definition) is 0. The minimum Gasteiger partial charge on any atom is -0.466 e. The van der Waals surface area contributed by atoms with E-state index in [1.165, 1.54) is 0 Å². The quantitative estimate of drug-likeness (QED) is 0.155. The third-order valence-corrected chi connectivity index (χ3v) is 1.77. The highest BCUT2D eigenvalue weighted by atomic mass is 16.5. The SMILES string of the molecule is C#CCCOC(=O)CCC(=O)OCCCN=[N+]=[N-]. The van der Waals surface area contributed by atoms with E-state index in [0.717, 1.165) is 0 Å². The molecule has 7 nitrogen and oxygen atoms in total. The molecule has 0 saturated carbocycles. The molecule has 0 aliphatic carbocycles. The van der Waals surface area contributed by atoms with Crippen LogP contribution in [-0.2, 0) is 19.1 Å². The average Bonchev–Trinajstić information content (AvgIpc) is 2.36. The molecule has 0 aromatic carbocycles. The molecule has 0 saturated heterocycles. The summed E-state index contributed by atoms with van der Waals surface area (Å²) in [5.74, 6) is 1.37. The number of nitrogens with zero attached hydrogens (tertiary/aromatic N) is 3. The summed E-state index contributed by atoms with van der Waals surface area (Å²) in [5, 5.41) is 3.28. The Labute approximate surface area is 105 Å². The summed E-state index contributed by atoms with van der Waals surface area (Å²) in [5.41, 5.74) is 8.00.